The molecule has 0 radical (unpaired) electrons. The fraction of sp³-hybridized carbons (Fsp3) is 0.833. The van der Waals surface area contributed by atoms with E-state index in [4.69, 9.17) is 5.73 Å². The molecule has 0 aliphatic heterocycles. The third-order valence-electron chi connectivity index (χ3n) is 0.655. The maximum Gasteiger partial charge on any atom is 0.163 e. The molecule has 62 valence electrons. The van der Waals surface area contributed by atoms with Crippen LogP contribution in [0.25, 0.3) is 0 Å². The van der Waals surface area contributed by atoms with Crippen LogP contribution in [-0.4, -0.2) is 23.7 Å². The van der Waals surface area contributed by atoms with Gasteiger partial charge in [0.05, 0.1) is 0 Å². The summed E-state index contributed by atoms with van der Waals surface area (Å²) in [6.07, 6.45) is 0. The second-order valence-corrected chi connectivity index (χ2v) is 3.40. The van der Waals surface area contributed by atoms with E-state index < -0.39 is 0 Å². The first-order chi connectivity index (χ1) is 4.68. The zero-order valence-corrected chi connectivity index (χ0v) is 8.44. The Labute approximate surface area is 72.9 Å². The van der Waals surface area contributed by atoms with Crippen LogP contribution in [0.5, 0.6) is 0 Å². The fourth-order valence-electron chi connectivity index (χ4n) is 0.204. The summed E-state index contributed by atoms with van der Waals surface area (Å²) in [7, 11) is 1.68. The molecule has 0 aliphatic rings. The van der Waals surface area contributed by atoms with E-state index in [9.17, 15) is 0 Å². The average molecular weight is 180 g/mol. The van der Waals surface area contributed by atoms with E-state index in [1.807, 2.05) is 11.8 Å². The Morgan fingerprint density at radius 1 is 1.50 bits per heavy atom. The number of hydrogen-bond donors (Lipinski definition) is 2. The van der Waals surface area contributed by atoms with Gasteiger partial charge in [-0.2, -0.15) is 11.8 Å². The number of thioether (sulfide) groups is 1. The monoisotopic (exact) mass is 180 g/mol. The number of nitrogens with two attached hydrogens (primary N) is 1. The van der Waals surface area contributed by atoms with Gasteiger partial charge in [0.15, 0.2) is 5.11 Å². The van der Waals surface area contributed by atoms with E-state index in [2.05, 4.69) is 31.4 Å². The highest BCUT2D eigenvalue weighted by Crippen LogP contribution is 1.93. The Morgan fingerprint density at radius 2 is 1.80 bits per heavy atom. The van der Waals surface area contributed by atoms with Gasteiger partial charge in [0.25, 0.3) is 0 Å². The summed E-state index contributed by atoms with van der Waals surface area (Å²) in [6.45, 7) is 4.35. The zero-order chi connectivity index (χ0) is 8.41. The standard InChI is InChI=1S/C4H10S.C2H6N2S/c1-3-5-4-2;1-4-2(3)5/h3-4H2,1-2H3;1H3,(H3,3,4,5). The molecule has 3 N–H and O–H groups in total. The van der Waals surface area contributed by atoms with Crippen molar-refractivity contribution < 1.29 is 0 Å². The molecule has 0 amide bonds. The van der Waals surface area contributed by atoms with Crippen LogP contribution in [0.15, 0.2) is 0 Å². The van der Waals surface area contributed by atoms with Crippen molar-refractivity contribution in [3.63, 3.8) is 0 Å². The quantitative estimate of drug-likeness (QED) is 0.627. The van der Waals surface area contributed by atoms with Gasteiger partial charge in [-0.25, -0.2) is 0 Å². The third kappa shape index (κ3) is 24.4. The minimum Gasteiger partial charge on any atom is -0.376 e. The number of hydrogen-bond acceptors (Lipinski definition) is 2. The molecule has 0 aliphatic carbocycles. The van der Waals surface area contributed by atoms with Gasteiger partial charge >= 0.3 is 0 Å². The highest BCUT2D eigenvalue weighted by molar-refractivity contribution is 7.99. The van der Waals surface area contributed by atoms with Gasteiger partial charge < -0.3 is 11.1 Å². The molecule has 0 heterocycles. The fourth-order valence-corrected chi connectivity index (χ4v) is 0.612. The van der Waals surface area contributed by atoms with Gasteiger partial charge in [0, 0.05) is 7.05 Å². The number of thiocarbonyl (C=S) groups is 1. The summed E-state index contributed by atoms with van der Waals surface area (Å²) in [5.74, 6) is 2.52. The predicted molar refractivity (Wildman–Crippen MR) is 54.5 cm³/mol. The van der Waals surface area contributed by atoms with Crippen molar-refractivity contribution in [2.45, 2.75) is 13.8 Å². The van der Waals surface area contributed by atoms with Gasteiger partial charge in [-0.15, -0.1) is 0 Å². The van der Waals surface area contributed by atoms with Crippen LogP contribution in [0.3, 0.4) is 0 Å². The SMILES string of the molecule is CCSCC.CNC(N)=S. The molecule has 0 saturated carbocycles. The normalized spacial score (nSPS) is 7.50. The maximum atomic E-state index is 4.91. The maximum absolute atomic E-state index is 4.91. The Balaban J connectivity index is 0. The number of rotatable bonds is 2. The summed E-state index contributed by atoms with van der Waals surface area (Å²) in [5.41, 5.74) is 4.91. The first-order valence-corrected chi connectivity index (χ1v) is 4.80. The molecule has 0 aromatic rings. The highest BCUT2D eigenvalue weighted by atomic mass is 32.2. The van der Waals surface area contributed by atoms with Crippen LogP contribution in [-0.2, 0) is 0 Å². The van der Waals surface area contributed by atoms with Crippen LogP contribution in [0.1, 0.15) is 13.8 Å². The second kappa shape index (κ2) is 11.8. The molecule has 0 aromatic heterocycles. The van der Waals surface area contributed by atoms with Crippen LogP contribution in [0.4, 0.5) is 0 Å². The molecular formula is C6H16N2S2. The van der Waals surface area contributed by atoms with E-state index in [0.29, 0.717) is 5.11 Å². The van der Waals surface area contributed by atoms with E-state index in [0.717, 1.165) is 0 Å². The highest BCUT2D eigenvalue weighted by Gasteiger charge is 1.67. The molecule has 0 spiro atoms. The van der Waals surface area contributed by atoms with Crippen LogP contribution < -0.4 is 11.1 Å². The smallest absolute Gasteiger partial charge is 0.163 e. The predicted octanol–water partition coefficient (Wildman–Crippen LogP) is 1.21. The zero-order valence-electron chi connectivity index (χ0n) is 6.81. The molecule has 0 unspecified atom stereocenters. The summed E-state index contributed by atoms with van der Waals surface area (Å²) in [5, 5.41) is 2.88. The van der Waals surface area contributed by atoms with Crippen LogP contribution in [0, 0.1) is 0 Å². The average Bonchev–Trinajstić information content (AvgIpc) is 1.91. The molecule has 4 heteroatoms. The molecule has 2 nitrogen and oxygen atoms in total. The minimum atomic E-state index is 0.338. The van der Waals surface area contributed by atoms with Crippen molar-refractivity contribution in [3.05, 3.63) is 0 Å². The first-order valence-electron chi connectivity index (χ1n) is 3.23. The molecule has 0 atom stereocenters. The lowest BCUT2D eigenvalue weighted by molar-refractivity contribution is 1.18. The molecule has 0 rings (SSSR count). The van der Waals surface area contributed by atoms with Gasteiger partial charge in [0.1, 0.15) is 0 Å². The van der Waals surface area contributed by atoms with Gasteiger partial charge in [-0.1, -0.05) is 13.8 Å². The van der Waals surface area contributed by atoms with Crippen molar-refractivity contribution in [1.29, 1.82) is 0 Å². The third-order valence-corrected chi connectivity index (χ3v) is 1.68. The van der Waals surface area contributed by atoms with Gasteiger partial charge in [-0.3, -0.25) is 0 Å². The second-order valence-electron chi connectivity index (χ2n) is 1.40. The topological polar surface area (TPSA) is 38.0 Å². The molecular weight excluding hydrogens is 164 g/mol. The minimum absolute atomic E-state index is 0.338. The van der Waals surface area contributed by atoms with E-state index >= 15 is 0 Å². The summed E-state index contributed by atoms with van der Waals surface area (Å²) < 4.78 is 0. The Bertz CT molecular complexity index is 74.1. The van der Waals surface area contributed by atoms with Crippen molar-refractivity contribution in [2.75, 3.05) is 18.6 Å². The van der Waals surface area contributed by atoms with Crippen molar-refractivity contribution in [2.24, 2.45) is 5.73 Å². The van der Waals surface area contributed by atoms with Gasteiger partial charge in [0.2, 0.25) is 0 Å². The summed E-state index contributed by atoms with van der Waals surface area (Å²) in [4.78, 5) is 0. The molecule has 0 aromatic carbocycles. The van der Waals surface area contributed by atoms with Crippen molar-refractivity contribution in [3.8, 4) is 0 Å². The van der Waals surface area contributed by atoms with Gasteiger partial charge in [-0.05, 0) is 23.7 Å². The molecule has 0 saturated heterocycles. The van der Waals surface area contributed by atoms with E-state index in [1.165, 1.54) is 11.5 Å². The Hall–Kier alpha value is 0.0400. The lowest BCUT2D eigenvalue weighted by atomic mass is 11.0. The Kier molecular flexibility index (Phi) is 15.0. The number of nitrogens with one attached hydrogen (secondary N) is 1. The molecule has 10 heavy (non-hydrogen) atoms. The molecule has 0 fully saturated rings. The van der Waals surface area contributed by atoms with Crippen molar-refractivity contribution in [1.82, 2.24) is 5.32 Å². The van der Waals surface area contributed by atoms with Crippen molar-refractivity contribution >= 4 is 29.1 Å². The first kappa shape index (κ1) is 12.7. The largest absolute Gasteiger partial charge is 0.376 e. The Morgan fingerprint density at radius 3 is 1.80 bits per heavy atom. The lowest BCUT2D eigenvalue weighted by Crippen LogP contribution is -2.24. The van der Waals surface area contributed by atoms with Crippen LogP contribution in [0.2, 0.25) is 0 Å². The van der Waals surface area contributed by atoms with E-state index in [-0.39, 0.29) is 0 Å². The summed E-state index contributed by atoms with van der Waals surface area (Å²) in [6, 6.07) is 0. The van der Waals surface area contributed by atoms with Crippen LogP contribution >= 0.6 is 24.0 Å². The van der Waals surface area contributed by atoms with E-state index in [1.54, 1.807) is 7.05 Å². The molecule has 0 bridgehead atoms. The summed E-state index contributed by atoms with van der Waals surface area (Å²) >= 11 is 6.33. The lowest BCUT2D eigenvalue weighted by Gasteiger charge is -1.85.